The Labute approximate surface area is 234 Å². The summed E-state index contributed by atoms with van der Waals surface area (Å²) in [5, 5.41) is 4.03. The number of hydrogen-bond acceptors (Lipinski definition) is 2. The predicted molar refractivity (Wildman–Crippen MR) is 154 cm³/mol. The maximum absolute atomic E-state index is 13.7. The number of benzene rings is 4. The molecule has 4 aromatic carbocycles. The second-order valence-electron chi connectivity index (χ2n) is 9.15. The van der Waals surface area contributed by atoms with Gasteiger partial charge in [-0.15, -0.1) is 0 Å². The fraction of sp³-hybridized carbons (Fsp3) is 0.188. The van der Waals surface area contributed by atoms with E-state index in [4.69, 9.17) is 23.2 Å². The van der Waals surface area contributed by atoms with E-state index in [2.05, 4.69) is 5.32 Å². The lowest BCUT2D eigenvalue weighted by Crippen LogP contribution is -2.50. The third-order valence-corrected chi connectivity index (χ3v) is 6.99. The van der Waals surface area contributed by atoms with Gasteiger partial charge in [0.25, 0.3) is 0 Å². The molecule has 0 aromatic heterocycles. The highest BCUT2D eigenvalue weighted by atomic mass is 35.5. The summed E-state index contributed by atoms with van der Waals surface area (Å²) >= 11 is 12.4. The van der Waals surface area contributed by atoms with Crippen LogP contribution >= 0.6 is 23.2 Å². The molecule has 1 atom stereocenters. The fourth-order valence-corrected chi connectivity index (χ4v) is 4.81. The van der Waals surface area contributed by atoms with E-state index in [0.29, 0.717) is 35.9 Å². The molecule has 194 valence electrons. The average molecular weight is 546 g/mol. The number of hydrogen-bond donors (Lipinski definition) is 1. The van der Waals surface area contributed by atoms with Gasteiger partial charge in [-0.25, -0.2) is 0 Å². The molecule has 0 radical (unpaired) electrons. The molecule has 6 heteroatoms. The van der Waals surface area contributed by atoms with Gasteiger partial charge in [0.15, 0.2) is 0 Å². The van der Waals surface area contributed by atoms with Crippen molar-refractivity contribution in [2.75, 3.05) is 0 Å². The molecule has 4 rings (SSSR count). The third kappa shape index (κ3) is 7.95. The number of amides is 2. The van der Waals surface area contributed by atoms with Crippen LogP contribution < -0.4 is 5.32 Å². The zero-order valence-corrected chi connectivity index (χ0v) is 22.5. The van der Waals surface area contributed by atoms with E-state index in [9.17, 15) is 9.59 Å². The molecule has 4 aromatic rings. The molecule has 4 nitrogen and oxygen atoms in total. The molecule has 0 aliphatic carbocycles. The Balaban J connectivity index is 1.60. The van der Waals surface area contributed by atoms with Crippen LogP contribution in [0.15, 0.2) is 109 Å². The monoisotopic (exact) mass is 544 g/mol. The molecule has 0 aliphatic heterocycles. The maximum atomic E-state index is 13.7. The van der Waals surface area contributed by atoms with Crippen molar-refractivity contribution < 1.29 is 9.59 Å². The van der Waals surface area contributed by atoms with Gasteiger partial charge in [-0.3, -0.25) is 9.59 Å². The number of nitrogens with zero attached hydrogens (tertiary/aromatic N) is 1. The standard InChI is InChI=1S/C32H30Cl2N2O2/c33-28-18-17-27(29(34)21-28)22-35-32(38)30(20-25-12-6-2-7-13-25)36(23-26-14-8-3-9-15-26)31(37)19-16-24-10-4-1-5-11-24/h1-15,17-18,21,30H,16,19-20,22-23H2,(H,35,38)/t30-/m1/s1. The van der Waals surface area contributed by atoms with Crippen LogP contribution in [0.5, 0.6) is 0 Å². The normalized spacial score (nSPS) is 11.5. The van der Waals surface area contributed by atoms with Crippen molar-refractivity contribution in [3.63, 3.8) is 0 Å². The van der Waals surface area contributed by atoms with E-state index >= 15 is 0 Å². The molecular formula is C32H30Cl2N2O2. The number of rotatable bonds is 11. The summed E-state index contributed by atoms with van der Waals surface area (Å²) in [6.07, 6.45) is 1.30. The first kappa shape index (κ1) is 27.4. The predicted octanol–water partition coefficient (Wildman–Crippen LogP) is 6.88. The minimum atomic E-state index is -0.702. The van der Waals surface area contributed by atoms with E-state index in [1.54, 1.807) is 23.1 Å². The zero-order chi connectivity index (χ0) is 26.7. The molecule has 0 saturated carbocycles. The molecule has 0 saturated heterocycles. The van der Waals surface area contributed by atoms with Gasteiger partial charge < -0.3 is 10.2 Å². The van der Waals surface area contributed by atoms with Gasteiger partial charge in [-0.1, -0.05) is 120 Å². The lowest BCUT2D eigenvalue weighted by molar-refractivity contribution is -0.141. The first-order chi connectivity index (χ1) is 18.5. The molecule has 0 spiro atoms. The lowest BCUT2D eigenvalue weighted by Gasteiger charge is -2.32. The molecule has 1 N–H and O–H groups in total. The van der Waals surface area contributed by atoms with E-state index in [-0.39, 0.29) is 18.4 Å². The van der Waals surface area contributed by atoms with Crippen LogP contribution in [0.2, 0.25) is 10.0 Å². The summed E-state index contributed by atoms with van der Waals surface area (Å²) < 4.78 is 0. The summed E-state index contributed by atoms with van der Waals surface area (Å²) in [6, 6.07) is 34.0. The summed E-state index contributed by atoms with van der Waals surface area (Å²) in [7, 11) is 0. The smallest absolute Gasteiger partial charge is 0.243 e. The minimum Gasteiger partial charge on any atom is -0.350 e. The van der Waals surface area contributed by atoms with Crippen molar-refractivity contribution in [2.24, 2.45) is 0 Å². The first-order valence-electron chi connectivity index (χ1n) is 12.6. The lowest BCUT2D eigenvalue weighted by atomic mass is 10.0. The Kier molecular flexibility index (Phi) is 9.97. The molecule has 0 aliphatic rings. The zero-order valence-electron chi connectivity index (χ0n) is 21.0. The van der Waals surface area contributed by atoms with Gasteiger partial charge in [0.2, 0.25) is 11.8 Å². The maximum Gasteiger partial charge on any atom is 0.243 e. The first-order valence-corrected chi connectivity index (χ1v) is 13.4. The number of nitrogens with one attached hydrogen (secondary N) is 1. The Morgan fingerprint density at radius 3 is 1.92 bits per heavy atom. The van der Waals surface area contributed by atoms with Crippen molar-refractivity contribution in [2.45, 2.75) is 38.4 Å². The summed E-state index contributed by atoms with van der Waals surface area (Å²) in [5.74, 6) is -0.304. The highest BCUT2D eigenvalue weighted by Crippen LogP contribution is 2.22. The largest absolute Gasteiger partial charge is 0.350 e. The van der Waals surface area contributed by atoms with Gasteiger partial charge >= 0.3 is 0 Å². The van der Waals surface area contributed by atoms with Crippen molar-refractivity contribution in [3.8, 4) is 0 Å². The van der Waals surface area contributed by atoms with Gasteiger partial charge in [-0.05, 0) is 40.8 Å². The molecule has 0 fully saturated rings. The SMILES string of the molecule is O=C(NCc1ccc(Cl)cc1Cl)[C@@H](Cc1ccccc1)N(Cc1ccccc1)C(=O)CCc1ccccc1. The Morgan fingerprint density at radius 2 is 1.32 bits per heavy atom. The number of halogens is 2. The third-order valence-electron chi connectivity index (χ3n) is 6.41. The van der Waals surface area contributed by atoms with E-state index in [1.807, 2.05) is 91.0 Å². The van der Waals surface area contributed by atoms with Crippen LogP contribution in [0.1, 0.15) is 28.7 Å². The topological polar surface area (TPSA) is 49.4 Å². The van der Waals surface area contributed by atoms with Gasteiger partial charge in [0.05, 0.1) is 0 Å². The summed E-state index contributed by atoms with van der Waals surface area (Å²) in [6.45, 7) is 0.568. The minimum absolute atomic E-state index is 0.0710. The van der Waals surface area contributed by atoms with Crippen LogP contribution in [0.3, 0.4) is 0 Å². The fourth-order valence-electron chi connectivity index (χ4n) is 4.34. The molecular weight excluding hydrogens is 515 g/mol. The molecule has 2 amide bonds. The van der Waals surface area contributed by atoms with Crippen molar-refractivity contribution in [1.29, 1.82) is 0 Å². The summed E-state index contributed by atoms with van der Waals surface area (Å²) in [4.78, 5) is 29.2. The van der Waals surface area contributed by atoms with Crippen molar-refractivity contribution in [3.05, 3.63) is 141 Å². The molecule has 0 unspecified atom stereocenters. The highest BCUT2D eigenvalue weighted by Gasteiger charge is 2.30. The van der Waals surface area contributed by atoms with E-state index in [1.165, 1.54) is 0 Å². The molecule has 38 heavy (non-hydrogen) atoms. The number of carbonyl (C=O) groups excluding carboxylic acids is 2. The van der Waals surface area contributed by atoms with Crippen LogP contribution in [0, 0.1) is 0 Å². The van der Waals surface area contributed by atoms with Gasteiger partial charge in [-0.2, -0.15) is 0 Å². The van der Waals surface area contributed by atoms with Crippen LogP contribution in [-0.2, 0) is 35.5 Å². The number of aryl methyl sites for hydroxylation is 1. The number of carbonyl (C=O) groups is 2. The van der Waals surface area contributed by atoms with Crippen molar-refractivity contribution >= 4 is 35.0 Å². The average Bonchev–Trinajstić information content (AvgIpc) is 2.94. The van der Waals surface area contributed by atoms with E-state index in [0.717, 1.165) is 22.3 Å². The van der Waals surface area contributed by atoms with E-state index < -0.39 is 6.04 Å². The van der Waals surface area contributed by atoms with Crippen LogP contribution in [0.25, 0.3) is 0 Å². The summed E-state index contributed by atoms with van der Waals surface area (Å²) in [5.41, 5.74) is 3.79. The highest BCUT2D eigenvalue weighted by molar-refractivity contribution is 6.35. The Hall–Kier alpha value is -3.60. The van der Waals surface area contributed by atoms with Gasteiger partial charge in [0, 0.05) is 36.0 Å². The second-order valence-corrected chi connectivity index (χ2v) is 10.00. The van der Waals surface area contributed by atoms with Gasteiger partial charge in [0.1, 0.15) is 6.04 Å². The van der Waals surface area contributed by atoms with Crippen LogP contribution in [-0.4, -0.2) is 22.8 Å². The Morgan fingerprint density at radius 1 is 0.737 bits per heavy atom. The molecule has 0 bridgehead atoms. The molecule has 0 heterocycles. The second kappa shape index (κ2) is 13.8. The van der Waals surface area contributed by atoms with Crippen LogP contribution in [0.4, 0.5) is 0 Å². The van der Waals surface area contributed by atoms with Crippen molar-refractivity contribution in [1.82, 2.24) is 10.2 Å². The quantitative estimate of drug-likeness (QED) is 0.223. The Bertz CT molecular complexity index is 1330.